The first-order chi connectivity index (χ1) is 13.0. The second kappa shape index (κ2) is 7.11. The van der Waals surface area contributed by atoms with Gasteiger partial charge >= 0.3 is 0 Å². The maximum Gasteiger partial charge on any atom is 0.198 e. The number of hydrogen-bond acceptors (Lipinski definition) is 4. The Balaban J connectivity index is 2.27. The van der Waals surface area contributed by atoms with E-state index in [4.69, 9.17) is 32.7 Å². The van der Waals surface area contributed by atoms with Crippen molar-refractivity contribution in [2.45, 2.75) is 38.9 Å². The number of Topliss-reactive ketones (excluding diaryl/α,β-unsaturated/α-hetero) is 1. The summed E-state index contributed by atoms with van der Waals surface area (Å²) in [5.74, 6) is 0.0219. The van der Waals surface area contributed by atoms with Crippen LogP contribution in [0.2, 0.25) is 10.0 Å². The van der Waals surface area contributed by atoms with Crippen molar-refractivity contribution in [1.29, 1.82) is 0 Å². The van der Waals surface area contributed by atoms with Gasteiger partial charge < -0.3 is 14.6 Å². The maximum atomic E-state index is 13.1. The SMILES string of the molecule is COc1ccc(-c2ccc(Cl)cc2Cl)cc1C1=C(O)C(C)(C)OC(C)(C)C1=O. The highest BCUT2D eigenvalue weighted by Crippen LogP contribution is 2.43. The second-order valence-corrected chi connectivity index (χ2v) is 8.56. The number of carbonyl (C=O) groups is 1. The number of rotatable bonds is 3. The van der Waals surface area contributed by atoms with Crippen molar-refractivity contribution in [2.75, 3.05) is 7.11 Å². The van der Waals surface area contributed by atoms with Crippen molar-refractivity contribution >= 4 is 34.6 Å². The molecule has 0 amide bonds. The summed E-state index contributed by atoms with van der Waals surface area (Å²) in [6, 6.07) is 10.6. The van der Waals surface area contributed by atoms with Crippen LogP contribution in [0.3, 0.4) is 0 Å². The van der Waals surface area contributed by atoms with Gasteiger partial charge in [0.2, 0.25) is 0 Å². The van der Waals surface area contributed by atoms with Gasteiger partial charge in [-0.1, -0.05) is 35.3 Å². The van der Waals surface area contributed by atoms with Crippen LogP contribution in [0.15, 0.2) is 42.2 Å². The van der Waals surface area contributed by atoms with Gasteiger partial charge in [0.05, 0.1) is 12.7 Å². The van der Waals surface area contributed by atoms with E-state index in [1.807, 2.05) is 12.1 Å². The van der Waals surface area contributed by atoms with E-state index in [1.54, 1.807) is 52.0 Å². The van der Waals surface area contributed by atoms with Crippen LogP contribution in [-0.2, 0) is 9.53 Å². The van der Waals surface area contributed by atoms with E-state index >= 15 is 0 Å². The summed E-state index contributed by atoms with van der Waals surface area (Å²) >= 11 is 12.4. The number of ketones is 1. The van der Waals surface area contributed by atoms with E-state index < -0.39 is 11.2 Å². The van der Waals surface area contributed by atoms with Crippen molar-refractivity contribution in [1.82, 2.24) is 0 Å². The molecule has 0 saturated carbocycles. The predicted octanol–water partition coefficient (Wildman–Crippen LogP) is 6.09. The molecule has 0 aromatic heterocycles. The summed E-state index contributed by atoms with van der Waals surface area (Å²) in [6.45, 7) is 6.83. The molecule has 1 aliphatic heterocycles. The largest absolute Gasteiger partial charge is 0.508 e. The molecule has 6 heteroatoms. The fourth-order valence-electron chi connectivity index (χ4n) is 3.49. The summed E-state index contributed by atoms with van der Waals surface area (Å²) in [6.07, 6.45) is 0. The Bertz CT molecular complexity index is 990. The van der Waals surface area contributed by atoms with Crippen LogP contribution in [-0.4, -0.2) is 29.2 Å². The third-order valence-corrected chi connectivity index (χ3v) is 5.35. The van der Waals surface area contributed by atoms with Gasteiger partial charge in [-0.25, -0.2) is 0 Å². The number of aliphatic hydroxyl groups is 1. The standard InChI is InChI=1S/C22H22Cl2O4/c1-21(2)19(25)18(20(26)22(3,4)28-21)15-10-12(6-9-17(15)27-5)14-8-7-13(23)11-16(14)24/h6-11,25H,1-5H3. The Kier molecular flexibility index (Phi) is 5.26. The summed E-state index contributed by atoms with van der Waals surface area (Å²) in [5, 5.41) is 11.9. The lowest BCUT2D eigenvalue weighted by molar-refractivity contribution is -0.158. The molecule has 0 radical (unpaired) electrons. The molecule has 0 saturated heterocycles. The fraction of sp³-hybridized carbons (Fsp3) is 0.318. The third kappa shape index (κ3) is 3.52. The average molecular weight is 421 g/mol. The number of carbonyl (C=O) groups excluding carboxylic acids is 1. The van der Waals surface area contributed by atoms with Crippen molar-refractivity contribution in [3.05, 3.63) is 57.8 Å². The molecule has 2 aromatic carbocycles. The Hall–Kier alpha value is -2.01. The smallest absolute Gasteiger partial charge is 0.198 e. The van der Waals surface area contributed by atoms with Crippen molar-refractivity contribution < 1.29 is 19.4 Å². The van der Waals surface area contributed by atoms with E-state index in [0.717, 1.165) is 11.1 Å². The topological polar surface area (TPSA) is 55.8 Å². The van der Waals surface area contributed by atoms with E-state index in [0.29, 0.717) is 21.4 Å². The summed E-state index contributed by atoms with van der Waals surface area (Å²) < 4.78 is 11.3. The zero-order valence-corrected chi connectivity index (χ0v) is 17.9. The molecule has 0 atom stereocenters. The molecule has 2 aromatic rings. The van der Waals surface area contributed by atoms with Crippen LogP contribution in [0, 0.1) is 0 Å². The molecule has 0 fully saturated rings. The Morgan fingerprint density at radius 2 is 1.64 bits per heavy atom. The monoisotopic (exact) mass is 420 g/mol. The van der Waals surface area contributed by atoms with Gasteiger partial charge in [0.15, 0.2) is 5.78 Å². The quantitative estimate of drug-likeness (QED) is 0.651. The minimum absolute atomic E-state index is 0.130. The minimum Gasteiger partial charge on any atom is -0.508 e. The highest BCUT2D eigenvalue weighted by Gasteiger charge is 2.47. The van der Waals surface area contributed by atoms with Gasteiger partial charge in [-0.3, -0.25) is 4.79 Å². The molecule has 28 heavy (non-hydrogen) atoms. The first-order valence-corrected chi connectivity index (χ1v) is 9.56. The molecule has 0 bridgehead atoms. The number of methoxy groups -OCH3 is 1. The summed E-state index contributed by atoms with van der Waals surface area (Å²) in [5.41, 5.74) is 0.0825. The molecular weight excluding hydrogens is 399 g/mol. The van der Waals surface area contributed by atoms with Gasteiger partial charge in [0, 0.05) is 21.2 Å². The second-order valence-electron chi connectivity index (χ2n) is 7.71. The molecule has 0 aliphatic carbocycles. The van der Waals surface area contributed by atoms with Gasteiger partial charge in [-0.2, -0.15) is 0 Å². The fourth-order valence-corrected chi connectivity index (χ4v) is 4.00. The molecule has 1 aliphatic rings. The Morgan fingerprint density at radius 3 is 2.25 bits per heavy atom. The molecular formula is C22H22Cl2O4. The van der Waals surface area contributed by atoms with Gasteiger partial charge in [-0.05, 0) is 57.5 Å². The first-order valence-electron chi connectivity index (χ1n) is 8.80. The van der Waals surface area contributed by atoms with Crippen LogP contribution < -0.4 is 4.74 Å². The zero-order valence-electron chi connectivity index (χ0n) is 16.4. The normalized spacial score (nSPS) is 18.3. The van der Waals surface area contributed by atoms with Crippen LogP contribution in [0.5, 0.6) is 5.75 Å². The number of benzene rings is 2. The predicted molar refractivity (Wildman–Crippen MR) is 112 cm³/mol. The highest BCUT2D eigenvalue weighted by molar-refractivity contribution is 6.36. The van der Waals surface area contributed by atoms with Crippen molar-refractivity contribution in [2.24, 2.45) is 0 Å². The minimum atomic E-state index is -1.09. The van der Waals surface area contributed by atoms with E-state index in [-0.39, 0.29) is 17.1 Å². The highest BCUT2D eigenvalue weighted by atomic mass is 35.5. The Labute approximate surface area is 174 Å². The van der Waals surface area contributed by atoms with Gasteiger partial charge in [-0.15, -0.1) is 0 Å². The number of aliphatic hydroxyl groups excluding tert-OH is 1. The molecule has 0 spiro atoms. The molecule has 0 unspecified atom stereocenters. The molecule has 3 rings (SSSR count). The first kappa shape index (κ1) is 20.7. The number of ether oxygens (including phenoxy) is 2. The zero-order chi connectivity index (χ0) is 20.9. The number of halogens is 2. The average Bonchev–Trinajstić information content (AvgIpc) is 2.60. The lowest BCUT2D eigenvalue weighted by Gasteiger charge is -2.40. The molecule has 148 valence electrons. The summed E-state index contributed by atoms with van der Waals surface area (Å²) in [7, 11) is 1.52. The van der Waals surface area contributed by atoms with E-state index in [9.17, 15) is 9.90 Å². The van der Waals surface area contributed by atoms with E-state index in [1.165, 1.54) is 7.11 Å². The summed E-state index contributed by atoms with van der Waals surface area (Å²) in [4.78, 5) is 13.1. The maximum absolute atomic E-state index is 13.1. The molecule has 1 heterocycles. The van der Waals surface area contributed by atoms with Gasteiger partial charge in [0.25, 0.3) is 0 Å². The molecule has 4 nitrogen and oxygen atoms in total. The van der Waals surface area contributed by atoms with Crippen molar-refractivity contribution in [3.8, 4) is 16.9 Å². The third-order valence-electron chi connectivity index (χ3n) is 4.80. The lowest BCUT2D eigenvalue weighted by Crippen LogP contribution is -2.49. The Morgan fingerprint density at radius 1 is 0.964 bits per heavy atom. The van der Waals surface area contributed by atoms with Crippen molar-refractivity contribution in [3.63, 3.8) is 0 Å². The van der Waals surface area contributed by atoms with Crippen LogP contribution in [0.25, 0.3) is 16.7 Å². The molecule has 1 N–H and O–H groups in total. The van der Waals surface area contributed by atoms with Crippen LogP contribution in [0.4, 0.5) is 0 Å². The van der Waals surface area contributed by atoms with E-state index in [2.05, 4.69) is 0 Å². The van der Waals surface area contributed by atoms with Crippen LogP contribution in [0.1, 0.15) is 33.3 Å². The van der Waals surface area contributed by atoms with Gasteiger partial charge in [0.1, 0.15) is 22.7 Å². The number of hydrogen-bond donors (Lipinski definition) is 1. The lowest BCUT2D eigenvalue weighted by atomic mass is 9.82. The van der Waals surface area contributed by atoms with Crippen LogP contribution >= 0.6 is 23.2 Å².